The average Bonchev–Trinajstić information content (AvgIpc) is 3.07. The number of Topliss-reactive ketones (excluding diaryl/α,β-unsaturated/α-hetero) is 1. The Hall–Kier alpha value is -3.32. The number of methoxy groups -OCH3 is 2. The van der Waals surface area contributed by atoms with E-state index in [0.717, 1.165) is 6.42 Å². The molecule has 1 atom stereocenters. The summed E-state index contributed by atoms with van der Waals surface area (Å²) in [5.41, 5.74) is 1.15. The number of likely N-dealkylation sites (tertiary alicyclic amines) is 1. The van der Waals surface area contributed by atoms with Gasteiger partial charge in [-0.25, -0.2) is 0 Å². The molecule has 1 heterocycles. The van der Waals surface area contributed by atoms with Crippen molar-refractivity contribution in [2.75, 3.05) is 34.0 Å². The Morgan fingerprint density at radius 3 is 2.39 bits per heavy atom. The Balaban J connectivity index is 2.04. The molecule has 0 aliphatic carbocycles. The van der Waals surface area contributed by atoms with E-state index in [0.29, 0.717) is 35.2 Å². The second kappa shape index (κ2) is 11.0. The quantitative estimate of drug-likeness (QED) is 0.330. The standard InChI is InChI=1S/C26H31NO6/c1-17(2)12-14-33-21-7-5-6-19(16-21)23-22(25(29)26(30)27(23)13-15-31-3)24(28)18-8-10-20(32-4)11-9-18/h5-11,16-17,23,28H,12-15H2,1-4H3. The number of carbonyl (C=O) groups excluding carboxylic acids is 2. The van der Waals surface area contributed by atoms with E-state index >= 15 is 0 Å². The molecule has 0 spiro atoms. The normalized spacial score (nSPS) is 17.6. The first-order chi connectivity index (χ1) is 15.9. The second-order valence-corrected chi connectivity index (χ2v) is 8.32. The lowest BCUT2D eigenvalue weighted by molar-refractivity contribution is -0.140. The third kappa shape index (κ3) is 5.54. The maximum Gasteiger partial charge on any atom is 0.295 e. The molecule has 0 aromatic heterocycles. The summed E-state index contributed by atoms with van der Waals surface area (Å²) in [4.78, 5) is 27.4. The molecule has 1 amide bonds. The van der Waals surface area contributed by atoms with Crippen LogP contribution in [0.4, 0.5) is 0 Å². The molecule has 7 nitrogen and oxygen atoms in total. The number of aliphatic hydroxyl groups excluding tert-OH is 1. The minimum Gasteiger partial charge on any atom is -0.507 e. The van der Waals surface area contributed by atoms with E-state index in [1.807, 2.05) is 24.3 Å². The molecule has 0 bridgehead atoms. The molecule has 1 saturated heterocycles. The van der Waals surface area contributed by atoms with Gasteiger partial charge in [-0.05, 0) is 54.3 Å². The topological polar surface area (TPSA) is 85.3 Å². The fraction of sp³-hybridized carbons (Fsp3) is 0.385. The van der Waals surface area contributed by atoms with Gasteiger partial charge < -0.3 is 24.2 Å². The third-order valence-electron chi connectivity index (χ3n) is 5.58. The first-order valence-electron chi connectivity index (χ1n) is 11.0. The predicted octanol–water partition coefficient (Wildman–Crippen LogP) is 4.19. The average molecular weight is 454 g/mol. The molecule has 1 fully saturated rings. The molecule has 3 rings (SSSR count). The van der Waals surface area contributed by atoms with E-state index < -0.39 is 17.7 Å². The van der Waals surface area contributed by atoms with Gasteiger partial charge in [0.1, 0.15) is 17.3 Å². The fourth-order valence-corrected chi connectivity index (χ4v) is 3.74. The SMILES string of the molecule is COCCN1C(=O)C(=O)C(=C(O)c2ccc(OC)cc2)C1c1cccc(OCCC(C)C)c1. The highest BCUT2D eigenvalue weighted by molar-refractivity contribution is 6.46. The summed E-state index contributed by atoms with van der Waals surface area (Å²) < 4.78 is 16.2. The van der Waals surface area contributed by atoms with Crippen LogP contribution in [0.1, 0.15) is 37.4 Å². The van der Waals surface area contributed by atoms with Crippen LogP contribution in [0.3, 0.4) is 0 Å². The van der Waals surface area contributed by atoms with Crippen LogP contribution >= 0.6 is 0 Å². The van der Waals surface area contributed by atoms with Crippen molar-refractivity contribution in [1.29, 1.82) is 0 Å². The van der Waals surface area contributed by atoms with Crippen LogP contribution in [-0.4, -0.2) is 55.7 Å². The highest BCUT2D eigenvalue weighted by Gasteiger charge is 2.46. The van der Waals surface area contributed by atoms with Crippen molar-refractivity contribution in [3.8, 4) is 11.5 Å². The van der Waals surface area contributed by atoms with E-state index in [-0.39, 0.29) is 24.5 Å². The highest BCUT2D eigenvalue weighted by atomic mass is 16.5. The van der Waals surface area contributed by atoms with Gasteiger partial charge in [-0.1, -0.05) is 26.0 Å². The number of hydrogen-bond donors (Lipinski definition) is 1. The van der Waals surface area contributed by atoms with Crippen molar-refractivity contribution in [3.63, 3.8) is 0 Å². The number of ether oxygens (including phenoxy) is 3. The second-order valence-electron chi connectivity index (χ2n) is 8.32. The fourth-order valence-electron chi connectivity index (χ4n) is 3.74. The number of nitrogens with zero attached hydrogens (tertiary/aromatic N) is 1. The van der Waals surface area contributed by atoms with Gasteiger partial charge in [0.05, 0.1) is 31.9 Å². The summed E-state index contributed by atoms with van der Waals surface area (Å²) in [5, 5.41) is 11.1. The van der Waals surface area contributed by atoms with Crippen LogP contribution in [0.2, 0.25) is 0 Å². The van der Waals surface area contributed by atoms with Gasteiger partial charge in [0.2, 0.25) is 0 Å². The van der Waals surface area contributed by atoms with Gasteiger partial charge in [0.15, 0.2) is 0 Å². The van der Waals surface area contributed by atoms with Gasteiger partial charge in [-0.15, -0.1) is 0 Å². The van der Waals surface area contributed by atoms with Crippen LogP contribution in [0.25, 0.3) is 5.76 Å². The molecule has 176 valence electrons. The summed E-state index contributed by atoms with van der Waals surface area (Å²) in [6.07, 6.45) is 0.911. The summed E-state index contributed by atoms with van der Waals surface area (Å²) in [6.45, 7) is 5.29. The molecular weight excluding hydrogens is 422 g/mol. The van der Waals surface area contributed by atoms with E-state index in [9.17, 15) is 14.7 Å². The van der Waals surface area contributed by atoms with Gasteiger partial charge in [0, 0.05) is 19.2 Å². The van der Waals surface area contributed by atoms with Crippen molar-refractivity contribution in [3.05, 3.63) is 65.2 Å². The van der Waals surface area contributed by atoms with Crippen molar-refractivity contribution >= 4 is 17.4 Å². The molecule has 7 heteroatoms. The van der Waals surface area contributed by atoms with Crippen LogP contribution < -0.4 is 9.47 Å². The van der Waals surface area contributed by atoms with Crippen molar-refractivity contribution in [2.24, 2.45) is 5.92 Å². The monoisotopic (exact) mass is 453 g/mol. The molecule has 0 saturated carbocycles. The smallest absolute Gasteiger partial charge is 0.295 e. The number of hydrogen-bond acceptors (Lipinski definition) is 6. The van der Waals surface area contributed by atoms with Crippen LogP contribution in [0.5, 0.6) is 11.5 Å². The largest absolute Gasteiger partial charge is 0.507 e. The molecule has 33 heavy (non-hydrogen) atoms. The summed E-state index contributed by atoms with van der Waals surface area (Å²) >= 11 is 0. The van der Waals surface area contributed by atoms with Crippen molar-refractivity contribution < 1.29 is 28.9 Å². The van der Waals surface area contributed by atoms with Gasteiger partial charge in [0.25, 0.3) is 11.7 Å². The van der Waals surface area contributed by atoms with E-state index in [2.05, 4.69) is 13.8 Å². The lowest BCUT2D eigenvalue weighted by Crippen LogP contribution is -2.32. The number of benzene rings is 2. The van der Waals surface area contributed by atoms with E-state index in [1.165, 1.54) is 12.0 Å². The number of amides is 1. The van der Waals surface area contributed by atoms with Crippen LogP contribution in [0, 0.1) is 5.92 Å². The molecule has 1 unspecified atom stereocenters. The zero-order chi connectivity index (χ0) is 24.0. The Morgan fingerprint density at radius 2 is 1.76 bits per heavy atom. The van der Waals surface area contributed by atoms with Crippen molar-refractivity contribution in [2.45, 2.75) is 26.3 Å². The summed E-state index contributed by atoms with van der Waals surface area (Å²) in [5.74, 6) is 0.157. The van der Waals surface area contributed by atoms with Crippen LogP contribution in [0.15, 0.2) is 54.1 Å². The Labute approximate surface area is 194 Å². The highest BCUT2D eigenvalue weighted by Crippen LogP contribution is 2.40. The van der Waals surface area contributed by atoms with Crippen LogP contribution in [-0.2, 0) is 14.3 Å². The van der Waals surface area contributed by atoms with E-state index in [1.54, 1.807) is 31.4 Å². The first-order valence-corrected chi connectivity index (χ1v) is 11.0. The molecule has 1 aliphatic rings. The maximum atomic E-state index is 13.0. The van der Waals surface area contributed by atoms with Gasteiger partial charge in [-0.3, -0.25) is 9.59 Å². The lowest BCUT2D eigenvalue weighted by atomic mass is 9.95. The zero-order valence-electron chi connectivity index (χ0n) is 19.5. The minimum absolute atomic E-state index is 0.0422. The Bertz CT molecular complexity index is 1010. The number of ketones is 1. The van der Waals surface area contributed by atoms with Gasteiger partial charge in [-0.2, -0.15) is 0 Å². The summed E-state index contributed by atoms with van der Waals surface area (Å²) in [7, 11) is 3.08. The Morgan fingerprint density at radius 1 is 1.03 bits per heavy atom. The molecule has 1 N–H and O–H groups in total. The number of aliphatic hydroxyl groups is 1. The summed E-state index contributed by atoms with van der Waals surface area (Å²) in [6, 6.07) is 13.2. The number of rotatable bonds is 10. The first kappa shape index (κ1) is 24.3. The minimum atomic E-state index is -0.754. The zero-order valence-corrected chi connectivity index (χ0v) is 19.5. The lowest BCUT2D eigenvalue weighted by Gasteiger charge is -2.25. The maximum absolute atomic E-state index is 13.0. The molecule has 0 radical (unpaired) electrons. The van der Waals surface area contributed by atoms with E-state index in [4.69, 9.17) is 14.2 Å². The Kier molecular flexibility index (Phi) is 8.11. The van der Waals surface area contributed by atoms with Crippen molar-refractivity contribution in [1.82, 2.24) is 4.90 Å². The van der Waals surface area contributed by atoms with Gasteiger partial charge >= 0.3 is 0 Å². The molecular formula is C26H31NO6. The third-order valence-corrected chi connectivity index (χ3v) is 5.58. The molecule has 2 aromatic carbocycles. The number of carbonyl (C=O) groups is 2. The molecule has 1 aliphatic heterocycles. The predicted molar refractivity (Wildman–Crippen MR) is 125 cm³/mol. The molecule has 2 aromatic rings.